The van der Waals surface area contributed by atoms with E-state index in [2.05, 4.69) is 21.2 Å². The molecule has 0 aliphatic carbocycles. The van der Waals surface area contributed by atoms with Gasteiger partial charge in [0.1, 0.15) is 12.4 Å². The first-order valence-electron chi connectivity index (χ1n) is 12.9. The highest BCUT2D eigenvalue weighted by atomic mass is 32.2. The zero-order chi connectivity index (χ0) is 27.1. The molecule has 0 spiro atoms. The minimum atomic E-state index is -3.81. The van der Waals surface area contributed by atoms with Crippen molar-refractivity contribution in [1.29, 1.82) is 0 Å². The Bertz CT molecular complexity index is 1230. The minimum Gasteiger partial charge on any atom is -0.492 e. The number of nitrogens with zero attached hydrogens (tertiary/aromatic N) is 3. The Labute approximate surface area is 224 Å². The lowest BCUT2D eigenvalue weighted by molar-refractivity contribution is -0.119. The summed E-state index contributed by atoms with van der Waals surface area (Å²) in [5.41, 5.74) is 1.19. The topological polar surface area (TPSA) is 108 Å². The molecule has 1 atom stereocenters. The van der Waals surface area contributed by atoms with Gasteiger partial charge in [-0.3, -0.25) is 9.69 Å². The van der Waals surface area contributed by atoms with Gasteiger partial charge in [0, 0.05) is 58.3 Å². The highest BCUT2D eigenvalue weighted by Crippen LogP contribution is 2.22. The van der Waals surface area contributed by atoms with Gasteiger partial charge in [-0.25, -0.2) is 13.2 Å². The van der Waals surface area contributed by atoms with Crippen molar-refractivity contribution in [3.63, 3.8) is 0 Å². The van der Waals surface area contributed by atoms with Gasteiger partial charge in [0.2, 0.25) is 15.9 Å². The molecule has 1 unspecified atom stereocenters. The van der Waals surface area contributed by atoms with Gasteiger partial charge in [-0.05, 0) is 43.3 Å². The van der Waals surface area contributed by atoms with Gasteiger partial charge in [-0.15, -0.1) is 0 Å². The molecule has 1 N–H and O–H groups in total. The van der Waals surface area contributed by atoms with Crippen molar-refractivity contribution in [1.82, 2.24) is 19.4 Å². The summed E-state index contributed by atoms with van der Waals surface area (Å²) < 4.78 is 38.6. The number of rotatable bonds is 11. The molecule has 2 aromatic rings. The average molecular weight is 545 g/mol. The third kappa shape index (κ3) is 7.10. The molecule has 0 radical (unpaired) electrons. The normalized spacial score (nSPS) is 18.9. The SMILES string of the molecule is COC(=O)c1ccccc1S(=O)(=O)N1CCN(CCOc2cccc(CN(C)CC3CCC(=O)N3)c2)CC1. The number of likely N-dealkylation sites (N-methyl/N-ethyl adjacent to an activating group) is 1. The Balaban J connectivity index is 1.23. The van der Waals surface area contributed by atoms with E-state index in [-0.39, 0.29) is 22.4 Å². The van der Waals surface area contributed by atoms with Crippen LogP contribution in [0.4, 0.5) is 0 Å². The van der Waals surface area contributed by atoms with E-state index in [0.717, 1.165) is 30.8 Å². The van der Waals surface area contributed by atoms with Gasteiger partial charge in [0.05, 0.1) is 17.6 Å². The number of nitrogens with one attached hydrogen (secondary N) is 1. The second kappa shape index (κ2) is 12.7. The predicted octanol–water partition coefficient (Wildman–Crippen LogP) is 1.57. The molecule has 38 heavy (non-hydrogen) atoms. The summed E-state index contributed by atoms with van der Waals surface area (Å²) in [4.78, 5) is 27.8. The number of methoxy groups -OCH3 is 1. The molecule has 2 aliphatic rings. The lowest BCUT2D eigenvalue weighted by Gasteiger charge is -2.34. The average Bonchev–Trinajstić information content (AvgIpc) is 3.32. The maximum absolute atomic E-state index is 13.2. The number of esters is 1. The minimum absolute atomic E-state index is 0.0258. The number of amides is 1. The number of sulfonamides is 1. The molecule has 2 aromatic carbocycles. The van der Waals surface area contributed by atoms with Crippen LogP contribution >= 0.6 is 0 Å². The second-order valence-corrected chi connectivity index (χ2v) is 11.6. The lowest BCUT2D eigenvalue weighted by atomic mass is 10.1. The first-order valence-corrected chi connectivity index (χ1v) is 14.3. The van der Waals surface area contributed by atoms with Crippen LogP contribution in [0, 0.1) is 0 Å². The van der Waals surface area contributed by atoms with Crippen molar-refractivity contribution >= 4 is 21.9 Å². The van der Waals surface area contributed by atoms with Crippen molar-refractivity contribution in [2.45, 2.75) is 30.3 Å². The van der Waals surface area contributed by atoms with Crippen LogP contribution in [-0.2, 0) is 26.1 Å². The van der Waals surface area contributed by atoms with Gasteiger partial charge in [0.25, 0.3) is 0 Å². The quantitative estimate of drug-likeness (QED) is 0.425. The molecular formula is C27H36N4O6S. The van der Waals surface area contributed by atoms with Crippen LogP contribution in [-0.4, -0.2) is 100 Å². The fourth-order valence-electron chi connectivity index (χ4n) is 4.90. The van der Waals surface area contributed by atoms with Crippen molar-refractivity contribution in [2.75, 3.05) is 60.0 Å². The second-order valence-electron chi connectivity index (χ2n) is 9.73. The number of piperazine rings is 1. The molecule has 206 valence electrons. The number of carbonyl (C=O) groups excluding carboxylic acids is 2. The van der Waals surface area contributed by atoms with E-state index in [1.807, 2.05) is 25.2 Å². The van der Waals surface area contributed by atoms with Crippen LogP contribution in [0.25, 0.3) is 0 Å². The van der Waals surface area contributed by atoms with Crippen LogP contribution in [0.3, 0.4) is 0 Å². The van der Waals surface area contributed by atoms with Crippen LogP contribution in [0.5, 0.6) is 5.75 Å². The van der Waals surface area contributed by atoms with Gasteiger partial charge in [0.15, 0.2) is 0 Å². The fraction of sp³-hybridized carbons (Fsp3) is 0.481. The summed E-state index contributed by atoms with van der Waals surface area (Å²) in [5.74, 6) is 0.259. The maximum atomic E-state index is 13.2. The van der Waals surface area contributed by atoms with Gasteiger partial charge < -0.3 is 19.7 Å². The molecular weight excluding hydrogens is 508 g/mol. The first kappa shape index (κ1) is 28.0. The Morgan fingerprint density at radius 1 is 1.11 bits per heavy atom. The Morgan fingerprint density at radius 2 is 1.87 bits per heavy atom. The summed E-state index contributed by atoms with van der Waals surface area (Å²) in [7, 11) is -0.526. The fourth-order valence-corrected chi connectivity index (χ4v) is 6.50. The third-order valence-electron chi connectivity index (χ3n) is 6.89. The van der Waals surface area contributed by atoms with Crippen molar-refractivity contribution < 1.29 is 27.5 Å². The van der Waals surface area contributed by atoms with Gasteiger partial charge >= 0.3 is 5.97 Å². The summed E-state index contributed by atoms with van der Waals surface area (Å²) in [6, 6.07) is 14.4. The van der Waals surface area contributed by atoms with Crippen LogP contribution in [0.15, 0.2) is 53.4 Å². The number of carbonyl (C=O) groups is 2. The van der Waals surface area contributed by atoms with Crippen molar-refractivity contribution in [3.8, 4) is 5.75 Å². The third-order valence-corrected chi connectivity index (χ3v) is 8.84. The summed E-state index contributed by atoms with van der Waals surface area (Å²) in [6.07, 6.45) is 1.49. The highest BCUT2D eigenvalue weighted by Gasteiger charge is 2.31. The number of hydrogen-bond acceptors (Lipinski definition) is 8. The molecule has 0 aromatic heterocycles. The zero-order valence-electron chi connectivity index (χ0n) is 22.0. The van der Waals surface area contributed by atoms with E-state index in [9.17, 15) is 18.0 Å². The molecule has 1 amide bonds. The largest absolute Gasteiger partial charge is 0.492 e. The van der Waals surface area contributed by atoms with Crippen LogP contribution in [0.2, 0.25) is 0 Å². The number of ether oxygens (including phenoxy) is 2. The highest BCUT2D eigenvalue weighted by molar-refractivity contribution is 7.89. The zero-order valence-corrected chi connectivity index (χ0v) is 22.8. The standard InChI is InChI=1S/C27H36N4O6S/c1-29(20-22-10-11-26(32)28-22)19-21-6-5-7-23(18-21)37-17-16-30-12-14-31(15-13-30)38(34,35)25-9-4-3-8-24(25)27(33)36-2/h3-9,18,22H,10-17,19-20H2,1-2H3,(H,28,32). The lowest BCUT2D eigenvalue weighted by Crippen LogP contribution is -2.49. The van der Waals surface area contributed by atoms with E-state index in [0.29, 0.717) is 45.8 Å². The molecule has 10 nitrogen and oxygen atoms in total. The van der Waals surface area contributed by atoms with E-state index in [4.69, 9.17) is 9.47 Å². The molecule has 2 heterocycles. The summed E-state index contributed by atoms with van der Waals surface area (Å²) >= 11 is 0. The molecule has 2 fully saturated rings. The predicted molar refractivity (Wildman–Crippen MR) is 142 cm³/mol. The van der Waals surface area contributed by atoms with E-state index < -0.39 is 16.0 Å². The van der Waals surface area contributed by atoms with E-state index in [1.165, 1.54) is 23.5 Å². The van der Waals surface area contributed by atoms with Crippen molar-refractivity contribution in [3.05, 3.63) is 59.7 Å². The Kier molecular flexibility index (Phi) is 9.37. The molecule has 2 saturated heterocycles. The van der Waals surface area contributed by atoms with E-state index in [1.54, 1.807) is 12.1 Å². The van der Waals surface area contributed by atoms with Crippen molar-refractivity contribution in [2.24, 2.45) is 0 Å². The molecule has 0 saturated carbocycles. The molecule has 4 rings (SSSR count). The van der Waals surface area contributed by atoms with Crippen LogP contribution < -0.4 is 10.1 Å². The molecule has 0 bridgehead atoms. The van der Waals surface area contributed by atoms with Gasteiger partial charge in [-0.1, -0.05) is 24.3 Å². The number of hydrogen-bond donors (Lipinski definition) is 1. The van der Waals surface area contributed by atoms with Gasteiger partial charge in [-0.2, -0.15) is 4.31 Å². The Hall–Kier alpha value is -2.99. The smallest absolute Gasteiger partial charge is 0.339 e. The molecule has 2 aliphatic heterocycles. The molecule has 11 heteroatoms. The Morgan fingerprint density at radius 3 is 2.58 bits per heavy atom. The summed E-state index contributed by atoms with van der Waals surface area (Å²) in [5, 5.41) is 3.00. The first-order chi connectivity index (χ1) is 18.3. The van der Waals surface area contributed by atoms with E-state index >= 15 is 0 Å². The number of benzene rings is 2. The maximum Gasteiger partial charge on any atom is 0.339 e. The van der Waals surface area contributed by atoms with Crippen LogP contribution in [0.1, 0.15) is 28.8 Å². The summed E-state index contributed by atoms with van der Waals surface area (Å²) in [6.45, 7) is 4.56. The monoisotopic (exact) mass is 544 g/mol.